The molecule has 0 aliphatic heterocycles. The molecule has 18 heavy (non-hydrogen) atoms. The lowest BCUT2D eigenvalue weighted by Gasteiger charge is -2.15. The van der Waals surface area contributed by atoms with Gasteiger partial charge in [0, 0.05) is 12.6 Å². The van der Waals surface area contributed by atoms with E-state index in [2.05, 4.69) is 12.2 Å². The van der Waals surface area contributed by atoms with Gasteiger partial charge in [-0.2, -0.15) is 0 Å². The zero-order valence-electron chi connectivity index (χ0n) is 10.0. The first kappa shape index (κ1) is 13.4. The van der Waals surface area contributed by atoms with E-state index in [1.54, 1.807) is 0 Å². The van der Waals surface area contributed by atoms with E-state index in [9.17, 15) is 10.1 Å². The summed E-state index contributed by atoms with van der Waals surface area (Å²) in [5, 5.41) is 14.6. The monoisotopic (exact) mass is 288 g/mol. The molecule has 0 saturated heterocycles. The lowest BCUT2D eigenvalue weighted by molar-refractivity contribution is -0.383. The topological polar surface area (TPSA) is 55.2 Å². The minimum atomic E-state index is -0.448. The van der Waals surface area contributed by atoms with E-state index in [4.69, 9.17) is 23.2 Å². The summed E-state index contributed by atoms with van der Waals surface area (Å²) in [6, 6.07) is 2.81. The molecular weight excluding hydrogens is 275 g/mol. The van der Waals surface area contributed by atoms with Crippen molar-refractivity contribution in [2.45, 2.75) is 26.2 Å². The van der Waals surface area contributed by atoms with E-state index >= 15 is 0 Å². The maximum atomic E-state index is 11.0. The van der Waals surface area contributed by atoms with Gasteiger partial charge in [0.25, 0.3) is 5.69 Å². The number of hydrogen-bond donors (Lipinski definition) is 1. The molecule has 1 N–H and O–H groups in total. The van der Waals surface area contributed by atoms with Gasteiger partial charge in [0.05, 0.1) is 15.0 Å². The molecule has 0 heterocycles. The molecule has 98 valence electrons. The van der Waals surface area contributed by atoms with Crippen molar-refractivity contribution in [1.29, 1.82) is 0 Å². The molecule has 1 aliphatic rings. The Labute approximate surface area is 115 Å². The van der Waals surface area contributed by atoms with Crippen LogP contribution in [0.4, 0.5) is 11.4 Å². The molecule has 1 fully saturated rings. The maximum absolute atomic E-state index is 11.0. The summed E-state index contributed by atoms with van der Waals surface area (Å²) in [6.45, 7) is 2.88. The SMILES string of the molecule is CCC1(CNc2cc(Cl)c(Cl)cc2[N+](=O)[O-])CC1. The van der Waals surface area contributed by atoms with Crippen LogP contribution in [0.15, 0.2) is 12.1 Å². The summed E-state index contributed by atoms with van der Waals surface area (Å²) < 4.78 is 0. The van der Waals surface area contributed by atoms with E-state index < -0.39 is 4.92 Å². The number of rotatable bonds is 5. The summed E-state index contributed by atoms with van der Waals surface area (Å²) in [5.41, 5.74) is 0.713. The highest BCUT2D eigenvalue weighted by Crippen LogP contribution is 2.49. The van der Waals surface area contributed by atoms with Gasteiger partial charge in [0.2, 0.25) is 0 Å². The second-order valence-electron chi connectivity index (χ2n) is 4.75. The Balaban J connectivity index is 2.20. The molecule has 0 amide bonds. The van der Waals surface area contributed by atoms with Crippen LogP contribution in [-0.2, 0) is 0 Å². The van der Waals surface area contributed by atoms with Crippen LogP contribution in [0, 0.1) is 15.5 Å². The Bertz CT molecular complexity index is 487. The van der Waals surface area contributed by atoms with E-state index in [0.717, 1.165) is 13.0 Å². The quantitative estimate of drug-likeness (QED) is 0.641. The number of halogens is 2. The van der Waals surface area contributed by atoms with Crippen molar-refractivity contribution in [2.24, 2.45) is 5.41 Å². The summed E-state index contributed by atoms with van der Waals surface area (Å²) in [4.78, 5) is 10.5. The van der Waals surface area contributed by atoms with Gasteiger partial charge in [-0.15, -0.1) is 0 Å². The first-order chi connectivity index (χ1) is 8.47. The second-order valence-corrected chi connectivity index (χ2v) is 5.56. The summed E-state index contributed by atoms with van der Waals surface area (Å²) >= 11 is 11.7. The van der Waals surface area contributed by atoms with Crippen molar-refractivity contribution in [1.82, 2.24) is 0 Å². The molecular formula is C12H14Cl2N2O2. The van der Waals surface area contributed by atoms with Gasteiger partial charge in [0.15, 0.2) is 0 Å². The molecule has 0 aromatic heterocycles. The summed E-state index contributed by atoms with van der Waals surface area (Å²) in [7, 11) is 0. The average Bonchev–Trinajstić information content (AvgIpc) is 3.10. The Morgan fingerprint density at radius 1 is 1.39 bits per heavy atom. The smallest absolute Gasteiger partial charge is 0.293 e. The molecule has 0 unspecified atom stereocenters. The highest BCUT2D eigenvalue weighted by atomic mass is 35.5. The normalized spacial score (nSPS) is 16.4. The van der Waals surface area contributed by atoms with E-state index in [0.29, 0.717) is 16.1 Å². The van der Waals surface area contributed by atoms with Gasteiger partial charge < -0.3 is 5.32 Å². The number of nitro groups is 1. The van der Waals surface area contributed by atoms with Gasteiger partial charge in [-0.1, -0.05) is 30.1 Å². The highest BCUT2D eigenvalue weighted by molar-refractivity contribution is 6.42. The predicted molar refractivity (Wildman–Crippen MR) is 73.6 cm³/mol. The molecule has 0 atom stereocenters. The average molecular weight is 289 g/mol. The van der Waals surface area contributed by atoms with Crippen molar-refractivity contribution >= 4 is 34.6 Å². The fourth-order valence-electron chi connectivity index (χ4n) is 1.94. The number of benzene rings is 1. The minimum absolute atomic E-state index is 0.0312. The lowest BCUT2D eigenvalue weighted by atomic mass is 10.0. The van der Waals surface area contributed by atoms with E-state index in [1.807, 2.05) is 0 Å². The summed E-state index contributed by atoms with van der Waals surface area (Å²) in [6.07, 6.45) is 3.42. The molecule has 1 aromatic rings. The van der Waals surface area contributed by atoms with Gasteiger partial charge in [-0.3, -0.25) is 10.1 Å². The standard InChI is InChI=1S/C12H14Cl2N2O2/c1-2-12(3-4-12)7-15-10-5-8(13)9(14)6-11(10)16(17)18/h5-6,15H,2-4,7H2,1H3. The van der Waals surface area contributed by atoms with Crippen LogP contribution in [-0.4, -0.2) is 11.5 Å². The highest BCUT2D eigenvalue weighted by Gasteiger charge is 2.40. The van der Waals surface area contributed by atoms with Gasteiger partial charge >= 0.3 is 0 Å². The Kier molecular flexibility index (Phi) is 3.69. The van der Waals surface area contributed by atoms with Crippen LogP contribution < -0.4 is 5.32 Å². The zero-order valence-corrected chi connectivity index (χ0v) is 11.5. The zero-order chi connectivity index (χ0) is 13.3. The van der Waals surface area contributed by atoms with Crippen molar-refractivity contribution in [3.8, 4) is 0 Å². The number of nitrogens with zero attached hydrogens (tertiary/aromatic N) is 1. The van der Waals surface area contributed by atoms with Gasteiger partial charge in [-0.05, 0) is 30.7 Å². The molecule has 1 aliphatic carbocycles. The number of anilines is 1. The minimum Gasteiger partial charge on any atom is -0.379 e. The van der Waals surface area contributed by atoms with Crippen molar-refractivity contribution in [3.05, 3.63) is 32.3 Å². The fraction of sp³-hybridized carbons (Fsp3) is 0.500. The summed E-state index contributed by atoms with van der Waals surface area (Å²) in [5.74, 6) is 0. The molecule has 1 saturated carbocycles. The third kappa shape index (κ3) is 2.70. The van der Waals surface area contributed by atoms with Crippen LogP contribution in [0.3, 0.4) is 0 Å². The first-order valence-corrected chi connectivity index (χ1v) is 6.60. The first-order valence-electron chi connectivity index (χ1n) is 5.85. The Hall–Kier alpha value is -1.00. The van der Waals surface area contributed by atoms with E-state index in [1.165, 1.54) is 25.0 Å². The van der Waals surface area contributed by atoms with Crippen LogP contribution in [0.5, 0.6) is 0 Å². The largest absolute Gasteiger partial charge is 0.379 e. The molecule has 0 bridgehead atoms. The van der Waals surface area contributed by atoms with Crippen LogP contribution in [0.1, 0.15) is 26.2 Å². The predicted octanol–water partition coefficient (Wildman–Crippen LogP) is 4.50. The van der Waals surface area contributed by atoms with Crippen molar-refractivity contribution < 1.29 is 4.92 Å². The Morgan fingerprint density at radius 2 is 2.00 bits per heavy atom. The molecule has 2 rings (SSSR count). The number of hydrogen-bond acceptors (Lipinski definition) is 3. The van der Waals surface area contributed by atoms with Crippen LogP contribution in [0.25, 0.3) is 0 Å². The van der Waals surface area contributed by atoms with Crippen LogP contribution >= 0.6 is 23.2 Å². The van der Waals surface area contributed by atoms with Crippen molar-refractivity contribution in [2.75, 3.05) is 11.9 Å². The third-order valence-electron chi connectivity index (χ3n) is 3.60. The fourth-order valence-corrected chi connectivity index (χ4v) is 2.27. The molecule has 0 radical (unpaired) electrons. The molecule has 1 aromatic carbocycles. The van der Waals surface area contributed by atoms with Crippen molar-refractivity contribution in [3.63, 3.8) is 0 Å². The Morgan fingerprint density at radius 3 is 2.50 bits per heavy atom. The lowest BCUT2D eigenvalue weighted by Crippen LogP contribution is -2.15. The van der Waals surface area contributed by atoms with E-state index in [-0.39, 0.29) is 10.7 Å². The van der Waals surface area contributed by atoms with Gasteiger partial charge in [0.1, 0.15) is 5.69 Å². The maximum Gasteiger partial charge on any atom is 0.293 e. The second kappa shape index (κ2) is 4.94. The van der Waals surface area contributed by atoms with Crippen LogP contribution in [0.2, 0.25) is 10.0 Å². The number of nitrogens with one attached hydrogen (secondary N) is 1. The molecule has 4 nitrogen and oxygen atoms in total. The molecule has 6 heteroatoms. The molecule has 0 spiro atoms. The number of nitro benzene ring substituents is 1. The van der Waals surface area contributed by atoms with Gasteiger partial charge in [-0.25, -0.2) is 0 Å². The third-order valence-corrected chi connectivity index (χ3v) is 4.32.